The molecule has 0 saturated carbocycles. The third-order valence-corrected chi connectivity index (χ3v) is 6.09. The van der Waals surface area contributed by atoms with E-state index >= 15 is 0 Å². The smallest absolute Gasteiger partial charge is 0.259 e. The van der Waals surface area contributed by atoms with Gasteiger partial charge in [-0.15, -0.1) is 11.3 Å². The Balaban J connectivity index is 1.78. The number of carbonyl (C=O) groups is 2. The number of nitrogens with one attached hydrogen (secondary N) is 1. The second-order valence-electron chi connectivity index (χ2n) is 5.69. The molecule has 1 aliphatic rings. The van der Waals surface area contributed by atoms with Gasteiger partial charge >= 0.3 is 0 Å². The van der Waals surface area contributed by atoms with Gasteiger partial charge in [-0.05, 0) is 43.0 Å². The van der Waals surface area contributed by atoms with Crippen LogP contribution < -0.4 is 11.1 Å². The molecule has 0 aliphatic carbocycles. The highest BCUT2D eigenvalue weighted by Gasteiger charge is 2.20. The van der Waals surface area contributed by atoms with E-state index in [9.17, 15) is 14.0 Å². The van der Waals surface area contributed by atoms with E-state index in [0.717, 1.165) is 30.1 Å². The Bertz CT molecular complexity index is 788. The van der Waals surface area contributed by atoms with Crippen LogP contribution in [0.3, 0.4) is 0 Å². The first-order valence-corrected chi connectivity index (χ1v) is 9.56. The number of amides is 2. The average Bonchev–Trinajstić information content (AvgIpc) is 2.98. The van der Waals surface area contributed by atoms with Gasteiger partial charge in [0, 0.05) is 13.1 Å². The molecule has 1 saturated heterocycles. The summed E-state index contributed by atoms with van der Waals surface area (Å²) in [7, 11) is 0. The van der Waals surface area contributed by atoms with E-state index in [1.807, 2.05) is 0 Å². The SMILES string of the molecule is NC(=O)c1cc(SN2CCCCC2)sc1NC(=O)c1ccccc1F. The lowest BCUT2D eigenvalue weighted by Crippen LogP contribution is -2.22. The zero-order valence-corrected chi connectivity index (χ0v) is 15.1. The van der Waals surface area contributed by atoms with Gasteiger partial charge in [-0.1, -0.05) is 18.6 Å². The van der Waals surface area contributed by atoms with Crippen molar-refractivity contribution in [3.05, 3.63) is 47.3 Å². The molecule has 8 heteroatoms. The number of benzene rings is 1. The second kappa shape index (κ2) is 7.99. The average molecular weight is 379 g/mol. The van der Waals surface area contributed by atoms with Gasteiger partial charge in [0.25, 0.3) is 11.8 Å². The Kier molecular flexibility index (Phi) is 5.72. The molecular weight excluding hydrogens is 361 g/mol. The summed E-state index contributed by atoms with van der Waals surface area (Å²) in [5.74, 6) is -1.83. The fraction of sp³-hybridized carbons (Fsp3) is 0.294. The van der Waals surface area contributed by atoms with Crippen molar-refractivity contribution in [2.75, 3.05) is 18.4 Å². The van der Waals surface area contributed by atoms with Gasteiger partial charge in [-0.25, -0.2) is 8.70 Å². The molecule has 25 heavy (non-hydrogen) atoms. The molecule has 0 unspecified atom stereocenters. The molecule has 0 atom stereocenters. The van der Waals surface area contributed by atoms with Crippen molar-refractivity contribution in [1.29, 1.82) is 0 Å². The number of rotatable bonds is 5. The maximum Gasteiger partial charge on any atom is 0.259 e. The number of hydrogen-bond acceptors (Lipinski definition) is 5. The van der Waals surface area contributed by atoms with Crippen LogP contribution in [0.2, 0.25) is 0 Å². The molecule has 1 aromatic carbocycles. The van der Waals surface area contributed by atoms with Crippen LogP contribution in [0.5, 0.6) is 0 Å². The Labute approximate surface area is 153 Å². The van der Waals surface area contributed by atoms with Crippen LogP contribution in [-0.2, 0) is 0 Å². The monoisotopic (exact) mass is 379 g/mol. The van der Waals surface area contributed by atoms with Crippen LogP contribution >= 0.6 is 23.3 Å². The lowest BCUT2D eigenvalue weighted by Gasteiger charge is -2.24. The Morgan fingerprint density at radius 2 is 1.88 bits per heavy atom. The quantitative estimate of drug-likeness (QED) is 0.776. The second-order valence-corrected chi connectivity index (χ2v) is 8.14. The Hall–Kier alpha value is -1.90. The van der Waals surface area contributed by atoms with Gasteiger partial charge in [0.2, 0.25) is 0 Å². The molecule has 1 fully saturated rings. The molecule has 132 valence electrons. The summed E-state index contributed by atoms with van der Waals surface area (Å²) in [6.45, 7) is 1.98. The third-order valence-electron chi connectivity index (χ3n) is 3.85. The molecular formula is C17H18FN3O2S2. The molecule has 2 aromatic rings. The van der Waals surface area contributed by atoms with E-state index in [1.54, 1.807) is 24.1 Å². The molecule has 2 amide bonds. The van der Waals surface area contributed by atoms with Gasteiger partial charge in [0.15, 0.2) is 0 Å². The van der Waals surface area contributed by atoms with Crippen molar-refractivity contribution in [3.8, 4) is 0 Å². The maximum atomic E-state index is 13.8. The number of piperidine rings is 1. The van der Waals surface area contributed by atoms with Crippen molar-refractivity contribution in [3.63, 3.8) is 0 Å². The molecule has 0 spiro atoms. The zero-order chi connectivity index (χ0) is 17.8. The minimum atomic E-state index is -0.620. The van der Waals surface area contributed by atoms with E-state index in [-0.39, 0.29) is 11.1 Å². The molecule has 2 heterocycles. The molecule has 3 rings (SSSR count). The van der Waals surface area contributed by atoms with Crippen LogP contribution in [0.1, 0.15) is 40.0 Å². The number of carbonyl (C=O) groups excluding carboxylic acids is 2. The molecule has 1 aliphatic heterocycles. The Morgan fingerprint density at radius 1 is 1.16 bits per heavy atom. The highest BCUT2D eigenvalue weighted by Crippen LogP contribution is 2.37. The van der Waals surface area contributed by atoms with E-state index < -0.39 is 17.6 Å². The highest BCUT2D eigenvalue weighted by atomic mass is 32.2. The molecule has 5 nitrogen and oxygen atoms in total. The number of halogens is 1. The number of primary amides is 1. The van der Waals surface area contributed by atoms with Gasteiger partial charge in [-0.2, -0.15) is 0 Å². The summed E-state index contributed by atoms with van der Waals surface area (Å²) in [5, 5.41) is 2.96. The lowest BCUT2D eigenvalue weighted by atomic mass is 10.2. The number of thiophene rings is 1. The van der Waals surface area contributed by atoms with Crippen molar-refractivity contribution < 1.29 is 14.0 Å². The molecule has 0 radical (unpaired) electrons. The number of nitrogens with zero attached hydrogens (tertiary/aromatic N) is 1. The summed E-state index contributed by atoms with van der Waals surface area (Å²) in [6.07, 6.45) is 3.54. The predicted octanol–water partition coefficient (Wildman–Crippen LogP) is 3.73. The standard InChI is InChI=1S/C17H18FN3O2S2/c18-13-7-3-2-6-11(13)16(23)20-17-12(15(19)22)10-14(24-17)25-21-8-4-1-5-9-21/h2-3,6-7,10H,1,4-5,8-9H2,(H2,19,22)(H,20,23). The van der Waals surface area contributed by atoms with E-state index in [4.69, 9.17) is 5.73 Å². The lowest BCUT2D eigenvalue weighted by molar-refractivity contribution is 0.100. The normalized spacial score (nSPS) is 15.1. The molecule has 1 aromatic heterocycles. The van der Waals surface area contributed by atoms with Crippen molar-refractivity contribution in [1.82, 2.24) is 4.31 Å². The first-order chi connectivity index (χ1) is 12.0. The summed E-state index contributed by atoms with van der Waals surface area (Å²) < 4.78 is 16.9. The van der Waals surface area contributed by atoms with E-state index in [0.29, 0.717) is 5.00 Å². The number of nitrogens with two attached hydrogens (primary N) is 1. The first kappa shape index (κ1) is 17.9. The summed E-state index contributed by atoms with van der Waals surface area (Å²) >= 11 is 2.84. The maximum absolute atomic E-state index is 13.8. The predicted molar refractivity (Wildman–Crippen MR) is 98.5 cm³/mol. The zero-order valence-electron chi connectivity index (χ0n) is 13.5. The van der Waals surface area contributed by atoms with Gasteiger partial charge in [0.1, 0.15) is 10.8 Å². The fourth-order valence-electron chi connectivity index (χ4n) is 2.59. The van der Waals surface area contributed by atoms with Gasteiger partial charge < -0.3 is 11.1 Å². The van der Waals surface area contributed by atoms with E-state index in [2.05, 4.69) is 9.62 Å². The van der Waals surface area contributed by atoms with Crippen LogP contribution in [0.25, 0.3) is 0 Å². The first-order valence-electron chi connectivity index (χ1n) is 7.97. The third kappa shape index (κ3) is 4.39. The van der Waals surface area contributed by atoms with Crippen molar-refractivity contribution in [2.24, 2.45) is 5.73 Å². The van der Waals surface area contributed by atoms with Gasteiger partial charge in [0.05, 0.1) is 15.3 Å². The Morgan fingerprint density at radius 3 is 2.56 bits per heavy atom. The minimum absolute atomic E-state index is 0.0726. The fourth-order valence-corrected chi connectivity index (χ4v) is 4.96. The topological polar surface area (TPSA) is 75.4 Å². The molecule has 0 bridgehead atoms. The summed E-state index contributed by atoms with van der Waals surface area (Å²) in [5.41, 5.74) is 5.60. The largest absolute Gasteiger partial charge is 0.366 e. The van der Waals surface area contributed by atoms with Crippen LogP contribution in [-0.4, -0.2) is 29.2 Å². The van der Waals surface area contributed by atoms with Crippen molar-refractivity contribution >= 4 is 40.1 Å². The van der Waals surface area contributed by atoms with Crippen LogP contribution in [0, 0.1) is 5.82 Å². The molecule has 3 N–H and O–H groups in total. The van der Waals surface area contributed by atoms with E-state index in [1.165, 1.54) is 36.0 Å². The number of hydrogen-bond donors (Lipinski definition) is 2. The summed E-state index contributed by atoms with van der Waals surface area (Å²) in [6, 6.07) is 7.39. The minimum Gasteiger partial charge on any atom is -0.366 e. The van der Waals surface area contributed by atoms with Crippen molar-refractivity contribution in [2.45, 2.75) is 23.5 Å². The van der Waals surface area contributed by atoms with Gasteiger partial charge in [-0.3, -0.25) is 9.59 Å². The number of anilines is 1. The van der Waals surface area contributed by atoms with Crippen LogP contribution in [0.15, 0.2) is 34.5 Å². The summed E-state index contributed by atoms with van der Waals surface area (Å²) in [4.78, 5) is 24.0. The van der Waals surface area contributed by atoms with Crippen LogP contribution in [0.4, 0.5) is 9.39 Å². The highest BCUT2D eigenvalue weighted by molar-refractivity contribution is 7.99.